The predicted molar refractivity (Wildman–Crippen MR) is 307 cm³/mol. The lowest BCUT2D eigenvalue weighted by molar-refractivity contribution is -0.161. The Morgan fingerprint density at radius 3 is 1.05 bits per heavy atom. The fraction of sp³-hybridized carbons (Fsp3) is 0.758. The van der Waals surface area contributed by atoms with Crippen molar-refractivity contribution in [3.05, 3.63) is 72.9 Å². The molecule has 0 aliphatic rings. The van der Waals surface area contributed by atoms with E-state index in [1.165, 1.54) is 89.9 Å². The van der Waals surface area contributed by atoms with Crippen LogP contribution < -0.4 is 0 Å². The lowest BCUT2D eigenvalue weighted by atomic mass is 10.1. The van der Waals surface area contributed by atoms with E-state index in [1.54, 1.807) is 0 Å². The van der Waals surface area contributed by atoms with E-state index < -0.39 is 57.8 Å². The zero-order chi connectivity index (χ0) is 54.1. The Bertz CT molecular complexity index is 1520. The Balaban J connectivity index is 4.75. The highest BCUT2D eigenvalue weighted by atomic mass is 31.2. The minimum Gasteiger partial charge on any atom is -0.462 e. The van der Waals surface area contributed by atoms with Crippen LogP contribution in [0.3, 0.4) is 0 Å². The number of ether oxygens (including phenoxy) is 3. The zero-order valence-electron chi connectivity index (χ0n) is 47.3. The quantitative estimate of drug-likeness (QED) is 0.0197. The Morgan fingerprint density at radius 2 is 0.689 bits per heavy atom. The number of unbranched alkanes of at least 4 members (excludes halogenated alkanes) is 26. The number of hydrogen-bond donors (Lipinski definition) is 2. The van der Waals surface area contributed by atoms with Gasteiger partial charge in [-0.25, -0.2) is 4.57 Å². The maximum absolute atomic E-state index is 12.9. The van der Waals surface area contributed by atoms with E-state index in [0.717, 1.165) is 116 Å². The molecule has 0 aliphatic heterocycles. The van der Waals surface area contributed by atoms with E-state index in [9.17, 15) is 28.9 Å². The average Bonchev–Trinajstić information content (AvgIpc) is 3.39. The van der Waals surface area contributed by atoms with Crippen LogP contribution in [0.25, 0.3) is 0 Å². The van der Waals surface area contributed by atoms with E-state index >= 15 is 0 Å². The van der Waals surface area contributed by atoms with Crippen molar-refractivity contribution < 1.29 is 52.2 Å². The van der Waals surface area contributed by atoms with Gasteiger partial charge in [-0.05, 0) is 109 Å². The van der Waals surface area contributed by atoms with Crippen LogP contribution in [0.15, 0.2) is 72.9 Å². The molecule has 12 heteroatoms. The molecule has 0 aromatic rings. The van der Waals surface area contributed by atoms with Crippen molar-refractivity contribution in [1.82, 2.24) is 0 Å². The molecule has 0 heterocycles. The van der Waals surface area contributed by atoms with Crippen molar-refractivity contribution in [2.75, 3.05) is 26.4 Å². The number of phosphoric acid groups is 1. The van der Waals surface area contributed by atoms with Crippen molar-refractivity contribution in [3.63, 3.8) is 0 Å². The minimum atomic E-state index is -4.76. The number of rotatable bonds is 55. The molecular formula is C62H109O11P. The molecule has 0 fully saturated rings. The highest BCUT2D eigenvalue weighted by Gasteiger charge is 2.28. The molecule has 74 heavy (non-hydrogen) atoms. The first-order valence-corrected chi connectivity index (χ1v) is 31.3. The molecule has 0 aromatic carbocycles. The molecule has 0 rings (SSSR count). The molecule has 0 aromatic heterocycles. The molecule has 3 unspecified atom stereocenters. The molecule has 428 valence electrons. The van der Waals surface area contributed by atoms with Gasteiger partial charge in [-0.3, -0.25) is 23.4 Å². The summed E-state index contributed by atoms with van der Waals surface area (Å²) in [6.45, 7) is 4.51. The summed E-state index contributed by atoms with van der Waals surface area (Å²) < 4.78 is 39.5. The molecule has 0 radical (unpaired) electrons. The Kier molecular flexibility index (Phi) is 53.8. The number of carbonyl (C=O) groups excluding carboxylic acids is 3. The molecule has 3 atom stereocenters. The van der Waals surface area contributed by atoms with Crippen LogP contribution in [-0.2, 0) is 42.2 Å². The normalized spacial score (nSPS) is 13.9. The summed E-state index contributed by atoms with van der Waals surface area (Å²) in [4.78, 5) is 48.6. The van der Waals surface area contributed by atoms with E-state index in [2.05, 4.69) is 93.7 Å². The average molecular weight is 1060 g/mol. The number of phosphoric ester groups is 1. The second kappa shape index (κ2) is 56.1. The maximum atomic E-state index is 12.9. The standard InChI is InChI=1S/C62H109O11P/c1-4-7-10-13-16-19-22-25-27-29-31-34-36-39-42-45-48-51-60(64)69-55-59(73-62(66)53-50-47-44-41-38-35-32-30-28-26-23-20-17-14-11-8-5-2)57-71-74(67,68)70-56-58(54-63)72-61(65)52-49-46-43-40-37-33-24-21-18-15-12-9-6-3/h12,15-17,19-21,24-28,58-59,63H,4-11,13-14,18,22-23,29-57H2,1-3H3,(H,67,68)/b15-12-,19-16-,20-17-,24-21-,27-25-,28-26-. The van der Waals surface area contributed by atoms with Gasteiger partial charge in [0.15, 0.2) is 6.10 Å². The second-order valence-corrected chi connectivity index (χ2v) is 21.3. The summed E-state index contributed by atoms with van der Waals surface area (Å²) in [5.74, 6) is -1.49. The SMILES string of the molecule is CCC/C=C\C/C=C\CCCCCCCC(=O)OC(CO)COP(=O)(O)OCC(COC(=O)CCCCCCCCC/C=C\C/C=C\CCCCC)OC(=O)CCCCCCCCC/C=C\C/C=C\CCCCC. The predicted octanol–water partition coefficient (Wildman–Crippen LogP) is 17.7. The number of carbonyl (C=O) groups is 3. The van der Waals surface area contributed by atoms with Crippen LogP contribution in [0.5, 0.6) is 0 Å². The van der Waals surface area contributed by atoms with Crippen LogP contribution in [0, 0.1) is 0 Å². The van der Waals surface area contributed by atoms with E-state index in [4.69, 9.17) is 23.3 Å². The fourth-order valence-corrected chi connectivity index (χ4v) is 8.77. The van der Waals surface area contributed by atoms with Gasteiger partial charge < -0.3 is 24.2 Å². The molecular weight excluding hydrogens is 952 g/mol. The lowest BCUT2D eigenvalue weighted by Crippen LogP contribution is -2.30. The van der Waals surface area contributed by atoms with E-state index in [1.807, 2.05) is 0 Å². The van der Waals surface area contributed by atoms with Gasteiger partial charge in [-0.15, -0.1) is 0 Å². The third-order valence-electron chi connectivity index (χ3n) is 12.6. The van der Waals surface area contributed by atoms with Crippen molar-refractivity contribution in [3.8, 4) is 0 Å². The van der Waals surface area contributed by atoms with Crippen LogP contribution in [-0.4, -0.2) is 66.5 Å². The molecule has 0 saturated heterocycles. The number of aliphatic hydroxyl groups is 1. The third-order valence-corrected chi connectivity index (χ3v) is 13.5. The van der Waals surface area contributed by atoms with Gasteiger partial charge in [-0.2, -0.15) is 0 Å². The second-order valence-electron chi connectivity index (χ2n) is 19.8. The summed E-state index contributed by atoms with van der Waals surface area (Å²) >= 11 is 0. The van der Waals surface area contributed by atoms with Gasteiger partial charge >= 0.3 is 25.7 Å². The highest BCUT2D eigenvalue weighted by Crippen LogP contribution is 2.43. The van der Waals surface area contributed by atoms with Gasteiger partial charge in [0.25, 0.3) is 0 Å². The molecule has 0 spiro atoms. The first kappa shape index (κ1) is 70.9. The van der Waals surface area contributed by atoms with Gasteiger partial charge in [0.1, 0.15) is 12.7 Å². The molecule has 0 bridgehead atoms. The summed E-state index contributed by atoms with van der Waals surface area (Å²) in [6, 6.07) is 0. The van der Waals surface area contributed by atoms with Crippen LogP contribution in [0.2, 0.25) is 0 Å². The molecule has 2 N–H and O–H groups in total. The van der Waals surface area contributed by atoms with Crippen LogP contribution >= 0.6 is 7.82 Å². The molecule has 0 aliphatic carbocycles. The number of hydrogen-bond acceptors (Lipinski definition) is 10. The summed E-state index contributed by atoms with van der Waals surface area (Å²) in [5.41, 5.74) is 0. The van der Waals surface area contributed by atoms with Gasteiger partial charge in [-0.1, -0.05) is 209 Å². The summed E-state index contributed by atoms with van der Waals surface area (Å²) in [5, 5.41) is 9.81. The van der Waals surface area contributed by atoms with Gasteiger partial charge in [0.2, 0.25) is 0 Å². The van der Waals surface area contributed by atoms with Crippen molar-refractivity contribution >= 4 is 25.7 Å². The first-order valence-electron chi connectivity index (χ1n) is 29.8. The van der Waals surface area contributed by atoms with E-state index in [-0.39, 0.29) is 25.9 Å². The highest BCUT2D eigenvalue weighted by molar-refractivity contribution is 7.47. The Hall–Kier alpha value is -3.08. The summed E-state index contributed by atoms with van der Waals surface area (Å²) in [7, 11) is -4.76. The third kappa shape index (κ3) is 53.7. The molecule has 0 amide bonds. The number of esters is 3. The molecule has 11 nitrogen and oxygen atoms in total. The fourth-order valence-electron chi connectivity index (χ4n) is 7.98. The van der Waals surface area contributed by atoms with Crippen LogP contribution in [0.4, 0.5) is 0 Å². The number of allylic oxidation sites excluding steroid dienone is 12. The minimum absolute atomic E-state index is 0.155. The Morgan fingerprint density at radius 1 is 0.378 bits per heavy atom. The monoisotopic (exact) mass is 1060 g/mol. The van der Waals surface area contributed by atoms with E-state index in [0.29, 0.717) is 19.3 Å². The summed E-state index contributed by atoms with van der Waals surface area (Å²) in [6.07, 6.45) is 62.8. The van der Waals surface area contributed by atoms with Crippen molar-refractivity contribution in [2.45, 2.75) is 277 Å². The number of aliphatic hydroxyl groups excluding tert-OH is 1. The Labute approximate surface area is 452 Å². The smallest absolute Gasteiger partial charge is 0.462 e. The topological polar surface area (TPSA) is 155 Å². The first-order chi connectivity index (χ1) is 36.2. The van der Waals surface area contributed by atoms with Crippen LogP contribution in [0.1, 0.15) is 265 Å². The van der Waals surface area contributed by atoms with Gasteiger partial charge in [0, 0.05) is 19.3 Å². The van der Waals surface area contributed by atoms with Gasteiger partial charge in [0.05, 0.1) is 19.8 Å². The largest absolute Gasteiger partial charge is 0.472 e. The van der Waals surface area contributed by atoms with Crippen molar-refractivity contribution in [1.29, 1.82) is 0 Å². The van der Waals surface area contributed by atoms with Crippen molar-refractivity contribution in [2.24, 2.45) is 0 Å². The maximum Gasteiger partial charge on any atom is 0.472 e. The lowest BCUT2D eigenvalue weighted by Gasteiger charge is -2.21. The molecule has 0 saturated carbocycles. The zero-order valence-corrected chi connectivity index (χ0v) is 48.2.